The van der Waals surface area contributed by atoms with Crippen LogP contribution >= 0.6 is 11.3 Å². The van der Waals surface area contributed by atoms with Gasteiger partial charge in [-0.2, -0.15) is 13.2 Å². The predicted octanol–water partition coefficient (Wildman–Crippen LogP) is 4.33. The van der Waals surface area contributed by atoms with Crippen LogP contribution in [-0.2, 0) is 17.4 Å². The lowest BCUT2D eigenvalue weighted by Gasteiger charge is -2.08. The molecule has 1 aromatic heterocycles. The fourth-order valence-corrected chi connectivity index (χ4v) is 3.45. The summed E-state index contributed by atoms with van der Waals surface area (Å²) in [7, 11) is 0. The van der Waals surface area contributed by atoms with Gasteiger partial charge in [0.1, 0.15) is 0 Å². The maximum absolute atomic E-state index is 12.8. The van der Waals surface area contributed by atoms with E-state index in [1.54, 1.807) is 6.07 Å². The first-order valence-corrected chi connectivity index (χ1v) is 7.55. The highest BCUT2D eigenvalue weighted by Gasteiger charge is 2.32. The molecule has 2 aromatic rings. The molecule has 1 heterocycles. The van der Waals surface area contributed by atoms with Gasteiger partial charge in [-0.1, -0.05) is 12.1 Å². The van der Waals surface area contributed by atoms with Crippen LogP contribution < -0.4 is 0 Å². The average Bonchev–Trinajstić information content (AvgIpc) is 3.20. The molecule has 1 aliphatic carbocycles. The van der Waals surface area contributed by atoms with Gasteiger partial charge in [0.05, 0.1) is 27.6 Å². The van der Waals surface area contributed by atoms with Crippen molar-refractivity contribution >= 4 is 17.3 Å². The average molecular weight is 327 g/mol. The molecule has 0 amide bonds. The molecule has 0 spiro atoms. The molecule has 7 heteroatoms. The molecule has 0 radical (unpaired) electrons. The molecule has 1 aromatic carbocycles. The Bertz CT molecular complexity index is 720. The van der Waals surface area contributed by atoms with Crippen LogP contribution in [-0.4, -0.2) is 16.1 Å². The van der Waals surface area contributed by atoms with Gasteiger partial charge < -0.3 is 5.11 Å². The van der Waals surface area contributed by atoms with E-state index in [-0.39, 0.29) is 6.42 Å². The van der Waals surface area contributed by atoms with E-state index in [9.17, 15) is 18.0 Å². The van der Waals surface area contributed by atoms with Crippen LogP contribution in [0, 0.1) is 0 Å². The highest BCUT2D eigenvalue weighted by atomic mass is 32.1. The number of carboxylic acid groups (broad SMARTS) is 1. The number of alkyl halides is 3. The number of halogens is 3. The zero-order valence-electron chi connectivity index (χ0n) is 11.4. The summed E-state index contributed by atoms with van der Waals surface area (Å²) in [6.45, 7) is 0. The number of rotatable bonds is 4. The van der Waals surface area contributed by atoms with E-state index in [0.717, 1.165) is 30.0 Å². The van der Waals surface area contributed by atoms with Crippen molar-refractivity contribution in [3.63, 3.8) is 0 Å². The van der Waals surface area contributed by atoms with Gasteiger partial charge in [-0.3, -0.25) is 4.79 Å². The summed E-state index contributed by atoms with van der Waals surface area (Å²) in [6.07, 6.45) is -2.70. The number of hydrogen-bond acceptors (Lipinski definition) is 3. The largest absolute Gasteiger partial charge is 0.481 e. The molecule has 1 N–H and O–H groups in total. The number of hydrogen-bond donors (Lipinski definition) is 1. The van der Waals surface area contributed by atoms with E-state index in [4.69, 9.17) is 5.11 Å². The Morgan fingerprint density at radius 2 is 2.09 bits per heavy atom. The van der Waals surface area contributed by atoms with E-state index in [1.807, 2.05) is 0 Å². The van der Waals surface area contributed by atoms with Crippen LogP contribution in [0.2, 0.25) is 0 Å². The second-order valence-electron chi connectivity index (χ2n) is 5.25. The molecule has 0 atom stereocenters. The smallest absolute Gasteiger partial charge is 0.416 e. The first kappa shape index (κ1) is 15.0. The highest BCUT2D eigenvalue weighted by molar-refractivity contribution is 7.15. The SMILES string of the molecule is O=C(O)Cc1nc(C2CC2)sc1-c1cccc(C(F)(F)F)c1. The van der Waals surface area contributed by atoms with Crippen molar-refractivity contribution in [1.82, 2.24) is 4.98 Å². The van der Waals surface area contributed by atoms with Crippen molar-refractivity contribution in [2.24, 2.45) is 0 Å². The lowest BCUT2D eigenvalue weighted by Crippen LogP contribution is -2.05. The number of aliphatic carboxylic acids is 1. The Labute approximate surface area is 128 Å². The van der Waals surface area contributed by atoms with Crippen molar-refractivity contribution < 1.29 is 23.1 Å². The van der Waals surface area contributed by atoms with Gasteiger partial charge in [0.15, 0.2) is 0 Å². The molecule has 22 heavy (non-hydrogen) atoms. The quantitative estimate of drug-likeness (QED) is 0.909. The Balaban J connectivity index is 2.04. The maximum atomic E-state index is 12.8. The predicted molar refractivity (Wildman–Crippen MR) is 75.9 cm³/mol. The molecule has 1 saturated carbocycles. The summed E-state index contributed by atoms with van der Waals surface area (Å²) in [5.41, 5.74) is -0.0261. The Hall–Kier alpha value is -1.89. The van der Waals surface area contributed by atoms with Crippen LogP contribution in [0.1, 0.15) is 35.0 Å². The summed E-state index contributed by atoms with van der Waals surface area (Å²) in [6, 6.07) is 4.95. The van der Waals surface area contributed by atoms with Crippen LogP contribution in [0.3, 0.4) is 0 Å². The Morgan fingerprint density at radius 3 is 2.68 bits per heavy atom. The summed E-state index contributed by atoms with van der Waals surface area (Å²) >= 11 is 1.30. The van der Waals surface area contributed by atoms with Crippen molar-refractivity contribution in [2.45, 2.75) is 31.4 Å². The standard InChI is InChI=1S/C15H12F3NO2S/c16-15(17,18)10-3-1-2-9(6-10)13-11(7-12(20)21)19-14(22-13)8-4-5-8/h1-3,6,8H,4-5,7H2,(H,20,21). The monoisotopic (exact) mass is 327 g/mol. The molecule has 116 valence electrons. The molecule has 0 aliphatic heterocycles. The van der Waals surface area contributed by atoms with E-state index >= 15 is 0 Å². The first-order chi connectivity index (χ1) is 10.3. The number of carboxylic acids is 1. The van der Waals surface area contributed by atoms with Gasteiger partial charge in [-0.25, -0.2) is 4.98 Å². The van der Waals surface area contributed by atoms with Crippen LogP contribution in [0.4, 0.5) is 13.2 Å². The third-order valence-corrected chi connectivity index (χ3v) is 4.72. The zero-order chi connectivity index (χ0) is 15.9. The highest BCUT2D eigenvalue weighted by Crippen LogP contribution is 2.45. The normalized spacial score (nSPS) is 15.0. The van der Waals surface area contributed by atoms with Gasteiger partial charge >= 0.3 is 12.1 Å². The number of benzene rings is 1. The van der Waals surface area contributed by atoms with Crippen molar-refractivity contribution in [3.8, 4) is 10.4 Å². The van der Waals surface area contributed by atoms with E-state index in [2.05, 4.69) is 4.98 Å². The molecule has 3 nitrogen and oxygen atoms in total. The Morgan fingerprint density at radius 1 is 1.36 bits per heavy atom. The van der Waals surface area contributed by atoms with Gasteiger partial charge in [0.2, 0.25) is 0 Å². The van der Waals surface area contributed by atoms with Gasteiger partial charge in [-0.15, -0.1) is 11.3 Å². The topological polar surface area (TPSA) is 50.2 Å². The lowest BCUT2D eigenvalue weighted by molar-refractivity contribution is -0.138. The molecule has 1 fully saturated rings. The fraction of sp³-hybridized carbons (Fsp3) is 0.333. The van der Waals surface area contributed by atoms with Gasteiger partial charge in [0.25, 0.3) is 0 Å². The maximum Gasteiger partial charge on any atom is 0.416 e. The fourth-order valence-electron chi connectivity index (χ4n) is 2.20. The molecule has 0 bridgehead atoms. The van der Waals surface area contributed by atoms with E-state index < -0.39 is 17.7 Å². The zero-order valence-corrected chi connectivity index (χ0v) is 12.2. The molecule has 3 rings (SSSR count). The van der Waals surface area contributed by atoms with Crippen molar-refractivity contribution in [1.29, 1.82) is 0 Å². The molecule has 1 aliphatic rings. The minimum absolute atomic E-state index is 0.283. The van der Waals surface area contributed by atoms with Crippen molar-refractivity contribution in [2.75, 3.05) is 0 Å². The van der Waals surface area contributed by atoms with E-state index in [0.29, 0.717) is 22.1 Å². The molecular weight excluding hydrogens is 315 g/mol. The second kappa shape index (κ2) is 5.39. The van der Waals surface area contributed by atoms with Gasteiger partial charge in [0, 0.05) is 5.92 Å². The third-order valence-electron chi connectivity index (χ3n) is 3.41. The van der Waals surface area contributed by atoms with Crippen LogP contribution in [0.15, 0.2) is 24.3 Å². The van der Waals surface area contributed by atoms with Crippen LogP contribution in [0.25, 0.3) is 10.4 Å². The molecule has 0 saturated heterocycles. The summed E-state index contributed by atoms with van der Waals surface area (Å²) in [5.74, 6) is -0.710. The number of nitrogens with zero attached hydrogens (tertiary/aromatic N) is 1. The second-order valence-corrected chi connectivity index (χ2v) is 6.28. The Kier molecular flexibility index (Phi) is 3.68. The van der Waals surface area contributed by atoms with Gasteiger partial charge in [-0.05, 0) is 30.5 Å². The summed E-state index contributed by atoms with van der Waals surface area (Å²) in [4.78, 5) is 15.8. The molecule has 0 unspecified atom stereocenters. The summed E-state index contributed by atoms with van der Waals surface area (Å²) < 4.78 is 38.5. The third kappa shape index (κ3) is 3.14. The molecular formula is C15H12F3NO2S. The van der Waals surface area contributed by atoms with Crippen LogP contribution in [0.5, 0.6) is 0 Å². The van der Waals surface area contributed by atoms with E-state index in [1.165, 1.54) is 17.4 Å². The number of aromatic nitrogens is 1. The first-order valence-electron chi connectivity index (χ1n) is 6.73. The number of thiazole rings is 1. The minimum Gasteiger partial charge on any atom is -0.481 e. The lowest BCUT2D eigenvalue weighted by atomic mass is 10.1. The van der Waals surface area contributed by atoms with Crippen molar-refractivity contribution in [3.05, 3.63) is 40.5 Å². The summed E-state index contributed by atoms with van der Waals surface area (Å²) in [5, 5.41) is 9.79. The number of carbonyl (C=O) groups is 1. The minimum atomic E-state index is -4.42.